The Bertz CT molecular complexity index is 568. The minimum Gasteiger partial charge on any atom is -0.492 e. The van der Waals surface area contributed by atoms with Crippen LogP contribution < -0.4 is 15.4 Å². The predicted octanol–water partition coefficient (Wildman–Crippen LogP) is 2.11. The van der Waals surface area contributed by atoms with Crippen molar-refractivity contribution in [3.05, 3.63) is 29.8 Å². The van der Waals surface area contributed by atoms with Gasteiger partial charge in [0.25, 0.3) is 0 Å². The van der Waals surface area contributed by atoms with E-state index in [2.05, 4.69) is 39.7 Å². The van der Waals surface area contributed by atoms with Crippen molar-refractivity contribution in [2.75, 3.05) is 60.7 Å². The third kappa shape index (κ3) is 9.90. The third-order valence-electron chi connectivity index (χ3n) is 4.52. The highest BCUT2D eigenvalue weighted by atomic mass is 127. The van der Waals surface area contributed by atoms with Crippen molar-refractivity contribution in [2.45, 2.75) is 25.5 Å². The molecule has 2 rings (SSSR count). The second-order valence-corrected chi connectivity index (χ2v) is 6.73. The van der Waals surface area contributed by atoms with Crippen molar-refractivity contribution in [1.82, 2.24) is 15.5 Å². The molecule has 0 amide bonds. The number of nitrogens with zero attached hydrogens (tertiary/aromatic N) is 2. The maximum Gasteiger partial charge on any atom is 0.191 e. The predicted molar refractivity (Wildman–Crippen MR) is 124 cm³/mol. The molecule has 1 atom stereocenters. The molecule has 0 aromatic heterocycles. The van der Waals surface area contributed by atoms with E-state index in [1.165, 1.54) is 0 Å². The molecule has 160 valence electrons. The highest BCUT2D eigenvalue weighted by molar-refractivity contribution is 14.0. The summed E-state index contributed by atoms with van der Waals surface area (Å²) in [5, 5.41) is 6.67. The molecule has 0 radical (unpaired) electrons. The zero-order valence-electron chi connectivity index (χ0n) is 17.3. The van der Waals surface area contributed by atoms with Crippen LogP contribution in [0.3, 0.4) is 0 Å². The summed E-state index contributed by atoms with van der Waals surface area (Å²) in [7, 11) is 5.57. The lowest BCUT2D eigenvalue weighted by Gasteiger charge is -2.17. The Balaban J connectivity index is 0.00000392. The molecule has 1 aromatic rings. The maximum absolute atomic E-state index is 5.87. The average Bonchev–Trinajstić information content (AvgIpc) is 3.20. The molecule has 1 aromatic carbocycles. The fourth-order valence-electron chi connectivity index (χ4n) is 2.85. The number of rotatable bonds is 11. The minimum absolute atomic E-state index is 0. The second-order valence-electron chi connectivity index (χ2n) is 6.73. The standard InChI is InChI=1S/C20H34N4O3.HI/c1-21-20(23-16-19-8-5-11-26-19)22-15-17-6-4-7-18(14-17)27-13-10-24(2)9-12-25-3;/h4,6-7,14,19H,5,8-13,15-16H2,1-3H3,(H2,21,22,23);1H. The van der Waals surface area contributed by atoms with Gasteiger partial charge in [-0.2, -0.15) is 0 Å². The summed E-state index contributed by atoms with van der Waals surface area (Å²) >= 11 is 0. The number of guanidine groups is 1. The van der Waals surface area contributed by atoms with E-state index in [1.807, 2.05) is 12.1 Å². The van der Waals surface area contributed by atoms with E-state index in [9.17, 15) is 0 Å². The molecule has 1 aliphatic heterocycles. The first kappa shape index (κ1) is 24.9. The number of aliphatic imine (C=N–C) groups is 1. The van der Waals surface area contributed by atoms with Gasteiger partial charge in [-0.05, 0) is 37.6 Å². The van der Waals surface area contributed by atoms with Gasteiger partial charge in [-0.15, -0.1) is 24.0 Å². The van der Waals surface area contributed by atoms with Crippen LogP contribution in [0.5, 0.6) is 5.75 Å². The second kappa shape index (κ2) is 14.8. The Morgan fingerprint density at radius 2 is 2.11 bits per heavy atom. The van der Waals surface area contributed by atoms with Crippen LogP contribution in [0.4, 0.5) is 0 Å². The lowest BCUT2D eigenvalue weighted by atomic mass is 10.2. The lowest BCUT2D eigenvalue weighted by molar-refractivity contribution is 0.114. The largest absolute Gasteiger partial charge is 0.492 e. The minimum atomic E-state index is 0. The molecular formula is C20H35IN4O3. The van der Waals surface area contributed by atoms with Gasteiger partial charge >= 0.3 is 0 Å². The molecule has 7 nitrogen and oxygen atoms in total. The lowest BCUT2D eigenvalue weighted by Crippen LogP contribution is -2.40. The summed E-state index contributed by atoms with van der Waals surface area (Å²) < 4.78 is 16.6. The normalized spacial score (nSPS) is 16.7. The average molecular weight is 506 g/mol. The van der Waals surface area contributed by atoms with E-state index < -0.39 is 0 Å². The Hall–Kier alpha value is -1.10. The number of halogens is 1. The molecule has 1 heterocycles. The van der Waals surface area contributed by atoms with Gasteiger partial charge in [-0.3, -0.25) is 4.99 Å². The highest BCUT2D eigenvalue weighted by Crippen LogP contribution is 2.13. The molecule has 1 aliphatic rings. The van der Waals surface area contributed by atoms with Crippen molar-refractivity contribution in [3.63, 3.8) is 0 Å². The van der Waals surface area contributed by atoms with Gasteiger partial charge in [0.1, 0.15) is 12.4 Å². The van der Waals surface area contributed by atoms with Gasteiger partial charge in [0, 0.05) is 46.9 Å². The van der Waals surface area contributed by atoms with Crippen LogP contribution in [0.15, 0.2) is 29.3 Å². The summed E-state index contributed by atoms with van der Waals surface area (Å²) in [6.07, 6.45) is 2.56. The quantitative estimate of drug-likeness (QED) is 0.272. The smallest absolute Gasteiger partial charge is 0.191 e. The summed E-state index contributed by atoms with van der Waals surface area (Å²) in [4.78, 5) is 6.46. The van der Waals surface area contributed by atoms with Crippen molar-refractivity contribution in [3.8, 4) is 5.75 Å². The van der Waals surface area contributed by atoms with Crippen LogP contribution in [0.2, 0.25) is 0 Å². The van der Waals surface area contributed by atoms with E-state index in [1.54, 1.807) is 14.2 Å². The summed E-state index contributed by atoms with van der Waals surface area (Å²) in [5.74, 6) is 1.67. The molecule has 8 heteroatoms. The van der Waals surface area contributed by atoms with E-state index in [0.717, 1.165) is 63.0 Å². The summed E-state index contributed by atoms with van der Waals surface area (Å²) in [6, 6.07) is 8.15. The first-order valence-electron chi connectivity index (χ1n) is 9.66. The van der Waals surface area contributed by atoms with Crippen molar-refractivity contribution in [1.29, 1.82) is 0 Å². The van der Waals surface area contributed by atoms with E-state index in [-0.39, 0.29) is 24.0 Å². The SMILES string of the molecule is CN=C(NCc1cccc(OCCN(C)CCOC)c1)NCC1CCCO1.I. The topological polar surface area (TPSA) is 67.4 Å². The van der Waals surface area contributed by atoms with Gasteiger partial charge in [0.2, 0.25) is 0 Å². The number of hydrogen-bond donors (Lipinski definition) is 2. The Morgan fingerprint density at radius 1 is 1.29 bits per heavy atom. The first-order chi connectivity index (χ1) is 13.2. The van der Waals surface area contributed by atoms with Crippen molar-refractivity contribution < 1.29 is 14.2 Å². The van der Waals surface area contributed by atoms with Crippen LogP contribution >= 0.6 is 24.0 Å². The van der Waals surface area contributed by atoms with Gasteiger partial charge in [-0.1, -0.05) is 12.1 Å². The molecule has 0 bridgehead atoms. The Kier molecular flexibility index (Phi) is 13.2. The van der Waals surface area contributed by atoms with Gasteiger partial charge < -0.3 is 29.7 Å². The first-order valence-corrected chi connectivity index (χ1v) is 9.66. The fraction of sp³-hybridized carbons (Fsp3) is 0.650. The van der Waals surface area contributed by atoms with E-state index in [0.29, 0.717) is 19.3 Å². The fourth-order valence-corrected chi connectivity index (χ4v) is 2.85. The third-order valence-corrected chi connectivity index (χ3v) is 4.52. The van der Waals surface area contributed by atoms with Crippen LogP contribution in [-0.4, -0.2) is 77.6 Å². The number of methoxy groups -OCH3 is 1. The van der Waals surface area contributed by atoms with Crippen LogP contribution in [-0.2, 0) is 16.0 Å². The highest BCUT2D eigenvalue weighted by Gasteiger charge is 2.15. The van der Waals surface area contributed by atoms with E-state index in [4.69, 9.17) is 14.2 Å². The molecule has 0 aliphatic carbocycles. The Labute approximate surface area is 186 Å². The molecule has 0 saturated carbocycles. The molecule has 1 unspecified atom stereocenters. The molecule has 1 saturated heterocycles. The molecule has 2 N–H and O–H groups in total. The van der Waals surface area contributed by atoms with Gasteiger partial charge in [-0.25, -0.2) is 0 Å². The molecule has 0 spiro atoms. The van der Waals surface area contributed by atoms with Crippen LogP contribution in [0.1, 0.15) is 18.4 Å². The van der Waals surface area contributed by atoms with Gasteiger partial charge in [0.15, 0.2) is 5.96 Å². The monoisotopic (exact) mass is 506 g/mol. The number of ether oxygens (including phenoxy) is 3. The number of nitrogens with one attached hydrogen (secondary N) is 2. The number of hydrogen-bond acceptors (Lipinski definition) is 5. The zero-order chi connectivity index (χ0) is 19.3. The molecule has 28 heavy (non-hydrogen) atoms. The van der Waals surface area contributed by atoms with Gasteiger partial charge in [0.05, 0.1) is 12.7 Å². The van der Waals surface area contributed by atoms with Crippen molar-refractivity contribution in [2.24, 2.45) is 4.99 Å². The molecular weight excluding hydrogens is 471 g/mol. The zero-order valence-corrected chi connectivity index (χ0v) is 19.6. The number of benzene rings is 1. The van der Waals surface area contributed by atoms with Crippen molar-refractivity contribution >= 4 is 29.9 Å². The Morgan fingerprint density at radius 3 is 2.82 bits per heavy atom. The number of likely N-dealkylation sites (N-methyl/N-ethyl adjacent to an activating group) is 1. The summed E-state index contributed by atoms with van der Waals surface area (Å²) in [5.41, 5.74) is 1.15. The molecule has 1 fully saturated rings. The van der Waals surface area contributed by atoms with E-state index >= 15 is 0 Å². The van der Waals surface area contributed by atoms with Crippen LogP contribution in [0.25, 0.3) is 0 Å². The maximum atomic E-state index is 5.87. The van der Waals surface area contributed by atoms with Crippen LogP contribution in [0, 0.1) is 0 Å². The summed E-state index contributed by atoms with van der Waals surface area (Å²) in [6.45, 7) is 5.51.